The Kier molecular flexibility index (Phi) is 7.29. The zero-order chi connectivity index (χ0) is 21.3. The van der Waals surface area contributed by atoms with Crippen LogP contribution in [0.4, 0.5) is 0 Å². The van der Waals surface area contributed by atoms with E-state index in [4.69, 9.17) is 14.6 Å². The van der Waals surface area contributed by atoms with Crippen LogP contribution in [0.5, 0.6) is 0 Å². The van der Waals surface area contributed by atoms with Gasteiger partial charge in [-0.15, -0.1) is 0 Å². The van der Waals surface area contributed by atoms with E-state index < -0.39 is 0 Å². The first kappa shape index (κ1) is 21.2. The molecule has 1 amide bonds. The second-order valence-corrected chi connectivity index (χ2v) is 6.98. The SMILES string of the molecule is Cc1[nH]nc(-c2ccccc2)c1C(=O)N[C@H]1COC[C@H]1Cc1ccncc1.O=CO. The standard InChI is InChI=1S/C21H22N4O2.CH2O2/c1-14-19(20(25-24-14)16-5-3-2-4-6-16)21(26)23-18-13-27-12-17(18)11-15-7-9-22-10-8-15;2-1-3/h2-10,17-18H,11-13H2,1H3,(H,23,26)(H,24,25);1H,(H,2,3)/t17-,18+;/m1./s1. The van der Waals surface area contributed by atoms with E-state index in [1.807, 2.05) is 49.4 Å². The largest absolute Gasteiger partial charge is 0.483 e. The highest BCUT2D eigenvalue weighted by atomic mass is 16.5. The molecule has 0 aliphatic carbocycles. The Labute approximate surface area is 174 Å². The number of nitrogens with one attached hydrogen (secondary N) is 2. The Bertz CT molecular complexity index is 960. The minimum absolute atomic E-state index is 0.0245. The summed E-state index contributed by atoms with van der Waals surface area (Å²) in [5, 5.41) is 17.3. The Hall–Kier alpha value is -3.52. The number of nitrogens with zero attached hydrogens (tertiary/aromatic N) is 2. The molecule has 1 aliphatic heterocycles. The summed E-state index contributed by atoms with van der Waals surface area (Å²) in [5.41, 5.74) is 4.15. The number of benzene rings is 1. The van der Waals surface area contributed by atoms with E-state index in [0.717, 1.165) is 17.7 Å². The zero-order valence-corrected chi connectivity index (χ0v) is 16.6. The molecule has 1 fully saturated rings. The molecular formula is C22H24N4O4. The van der Waals surface area contributed by atoms with Gasteiger partial charge in [-0.05, 0) is 31.0 Å². The van der Waals surface area contributed by atoms with Crippen LogP contribution in [0.3, 0.4) is 0 Å². The smallest absolute Gasteiger partial charge is 0.290 e. The summed E-state index contributed by atoms with van der Waals surface area (Å²) in [5.74, 6) is 0.124. The highest BCUT2D eigenvalue weighted by Gasteiger charge is 2.31. The van der Waals surface area contributed by atoms with Crippen LogP contribution in [-0.2, 0) is 16.0 Å². The number of aryl methyl sites for hydroxylation is 1. The van der Waals surface area contributed by atoms with Gasteiger partial charge in [-0.2, -0.15) is 5.10 Å². The van der Waals surface area contributed by atoms with Crippen LogP contribution in [0.1, 0.15) is 21.6 Å². The first-order valence-corrected chi connectivity index (χ1v) is 9.59. The van der Waals surface area contributed by atoms with E-state index in [1.165, 1.54) is 5.56 Å². The number of amides is 1. The molecule has 0 bridgehead atoms. The van der Waals surface area contributed by atoms with Crippen LogP contribution in [0.15, 0.2) is 54.9 Å². The van der Waals surface area contributed by atoms with Crippen molar-refractivity contribution in [3.63, 3.8) is 0 Å². The summed E-state index contributed by atoms with van der Waals surface area (Å²) in [6.07, 6.45) is 4.43. The molecule has 1 aromatic carbocycles. The number of H-pyrrole nitrogens is 1. The molecule has 3 heterocycles. The summed E-state index contributed by atoms with van der Waals surface area (Å²) < 4.78 is 5.65. The molecule has 1 saturated heterocycles. The number of ether oxygens (including phenoxy) is 1. The van der Waals surface area contributed by atoms with Gasteiger partial charge in [-0.25, -0.2) is 0 Å². The van der Waals surface area contributed by atoms with Crippen molar-refractivity contribution in [3.05, 3.63) is 71.7 Å². The highest BCUT2D eigenvalue weighted by Crippen LogP contribution is 2.25. The minimum atomic E-state index is -0.250. The van der Waals surface area contributed by atoms with Gasteiger partial charge < -0.3 is 15.2 Å². The average Bonchev–Trinajstić information content (AvgIpc) is 3.36. The molecule has 3 N–H and O–H groups in total. The van der Waals surface area contributed by atoms with Crippen molar-refractivity contribution in [2.24, 2.45) is 5.92 Å². The van der Waals surface area contributed by atoms with Crippen molar-refractivity contribution in [1.29, 1.82) is 0 Å². The topological polar surface area (TPSA) is 117 Å². The summed E-state index contributed by atoms with van der Waals surface area (Å²) in [4.78, 5) is 25.5. The quantitative estimate of drug-likeness (QED) is 0.559. The van der Waals surface area contributed by atoms with Crippen LogP contribution in [-0.4, -0.2) is 51.9 Å². The molecule has 0 radical (unpaired) electrons. The van der Waals surface area contributed by atoms with Crippen molar-refractivity contribution in [2.45, 2.75) is 19.4 Å². The first-order valence-electron chi connectivity index (χ1n) is 9.59. The van der Waals surface area contributed by atoms with Gasteiger partial charge in [0.2, 0.25) is 0 Å². The molecule has 1 aliphatic rings. The van der Waals surface area contributed by atoms with Crippen molar-refractivity contribution >= 4 is 12.4 Å². The lowest BCUT2D eigenvalue weighted by Crippen LogP contribution is -2.40. The predicted molar refractivity (Wildman–Crippen MR) is 111 cm³/mol. The molecule has 0 saturated carbocycles. The Morgan fingerprint density at radius 2 is 1.93 bits per heavy atom. The maximum Gasteiger partial charge on any atom is 0.290 e. The average molecular weight is 408 g/mol. The van der Waals surface area contributed by atoms with Gasteiger partial charge in [-0.3, -0.25) is 19.7 Å². The van der Waals surface area contributed by atoms with Crippen LogP contribution in [0.25, 0.3) is 11.3 Å². The third-order valence-corrected chi connectivity index (χ3v) is 4.98. The van der Waals surface area contributed by atoms with Gasteiger partial charge in [-0.1, -0.05) is 30.3 Å². The van der Waals surface area contributed by atoms with Crippen molar-refractivity contribution in [3.8, 4) is 11.3 Å². The van der Waals surface area contributed by atoms with Gasteiger partial charge >= 0.3 is 0 Å². The third-order valence-electron chi connectivity index (χ3n) is 4.98. The summed E-state index contributed by atoms with van der Waals surface area (Å²) in [6.45, 7) is 2.79. The molecule has 30 heavy (non-hydrogen) atoms. The minimum Gasteiger partial charge on any atom is -0.483 e. The number of rotatable bonds is 5. The molecule has 3 aromatic rings. The zero-order valence-electron chi connectivity index (χ0n) is 16.6. The number of hydrogen-bond donors (Lipinski definition) is 3. The van der Waals surface area contributed by atoms with E-state index in [0.29, 0.717) is 24.5 Å². The maximum atomic E-state index is 13.0. The second kappa shape index (κ2) is 10.3. The van der Waals surface area contributed by atoms with E-state index in [1.54, 1.807) is 12.4 Å². The fourth-order valence-electron chi connectivity index (χ4n) is 3.53. The molecule has 156 valence electrons. The number of carbonyl (C=O) groups is 2. The highest BCUT2D eigenvalue weighted by molar-refractivity contribution is 6.01. The molecule has 8 nitrogen and oxygen atoms in total. The predicted octanol–water partition coefficient (Wildman–Crippen LogP) is 2.47. The Balaban J connectivity index is 0.000000806. The maximum absolute atomic E-state index is 13.0. The number of carbonyl (C=O) groups excluding carboxylic acids is 1. The number of aromatic amines is 1. The number of pyridine rings is 1. The Morgan fingerprint density at radius 1 is 1.23 bits per heavy atom. The van der Waals surface area contributed by atoms with Gasteiger partial charge in [0.05, 0.1) is 24.8 Å². The first-order chi connectivity index (χ1) is 14.6. The van der Waals surface area contributed by atoms with Crippen molar-refractivity contribution in [2.75, 3.05) is 13.2 Å². The molecule has 2 atom stereocenters. The van der Waals surface area contributed by atoms with Gasteiger partial charge in [0.25, 0.3) is 12.4 Å². The number of hydrogen-bond acceptors (Lipinski definition) is 5. The van der Waals surface area contributed by atoms with Crippen molar-refractivity contribution < 1.29 is 19.4 Å². The van der Waals surface area contributed by atoms with E-state index in [2.05, 4.69) is 20.5 Å². The fraction of sp³-hybridized carbons (Fsp3) is 0.273. The summed E-state index contributed by atoms with van der Waals surface area (Å²) in [6, 6.07) is 13.7. The van der Waals surface area contributed by atoms with Crippen LogP contribution in [0, 0.1) is 12.8 Å². The molecule has 2 aromatic heterocycles. The number of aromatic nitrogens is 3. The van der Waals surface area contributed by atoms with E-state index >= 15 is 0 Å². The lowest BCUT2D eigenvalue weighted by Gasteiger charge is -2.19. The molecular weight excluding hydrogens is 384 g/mol. The fourth-order valence-corrected chi connectivity index (χ4v) is 3.53. The summed E-state index contributed by atoms with van der Waals surface area (Å²) >= 11 is 0. The van der Waals surface area contributed by atoms with Gasteiger partial charge in [0, 0.05) is 29.6 Å². The van der Waals surface area contributed by atoms with Gasteiger partial charge in [0.15, 0.2) is 0 Å². The van der Waals surface area contributed by atoms with Crippen LogP contribution < -0.4 is 5.32 Å². The molecule has 0 spiro atoms. The van der Waals surface area contributed by atoms with E-state index in [9.17, 15) is 4.79 Å². The summed E-state index contributed by atoms with van der Waals surface area (Å²) in [7, 11) is 0. The molecule has 8 heteroatoms. The lowest BCUT2D eigenvalue weighted by atomic mass is 9.95. The monoisotopic (exact) mass is 408 g/mol. The normalized spacial score (nSPS) is 17.6. The van der Waals surface area contributed by atoms with Gasteiger partial charge in [0.1, 0.15) is 5.69 Å². The second-order valence-electron chi connectivity index (χ2n) is 6.98. The lowest BCUT2D eigenvalue weighted by molar-refractivity contribution is -0.122. The third kappa shape index (κ3) is 5.09. The van der Waals surface area contributed by atoms with Crippen molar-refractivity contribution in [1.82, 2.24) is 20.5 Å². The molecule has 0 unspecified atom stereocenters. The Morgan fingerprint density at radius 3 is 2.63 bits per heavy atom. The molecule has 4 rings (SSSR count). The van der Waals surface area contributed by atoms with Crippen LogP contribution in [0.2, 0.25) is 0 Å². The van der Waals surface area contributed by atoms with E-state index in [-0.39, 0.29) is 24.3 Å². The van der Waals surface area contributed by atoms with Crippen LogP contribution >= 0.6 is 0 Å². The number of carboxylic acid groups (broad SMARTS) is 1.